The average molecular weight is 425 g/mol. The number of hydrogen-bond acceptors (Lipinski definition) is 7. The van der Waals surface area contributed by atoms with Crippen LogP contribution in [-0.2, 0) is 4.79 Å². The number of nitrogens with one attached hydrogen (secondary N) is 1. The molecule has 2 aromatic rings. The third-order valence-corrected chi connectivity index (χ3v) is 6.41. The monoisotopic (exact) mass is 424 g/mol. The summed E-state index contributed by atoms with van der Waals surface area (Å²) in [6.45, 7) is 5.26. The maximum Gasteiger partial charge on any atom is 0.228 e. The number of carbonyl (C=O) groups is 1. The summed E-state index contributed by atoms with van der Waals surface area (Å²) in [7, 11) is 0. The molecule has 31 heavy (non-hydrogen) atoms. The number of rotatable bonds is 5. The first-order valence-electron chi connectivity index (χ1n) is 11.3. The van der Waals surface area contributed by atoms with Gasteiger partial charge in [-0.15, -0.1) is 0 Å². The second kappa shape index (κ2) is 9.26. The zero-order valence-corrected chi connectivity index (χ0v) is 18.5. The van der Waals surface area contributed by atoms with E-state index in [4.69, 9.17) is 4.98 Å². The number of aryl methyl sites for hydroxylation is 2. The lowest BCUT2D eigenvalue weighted by atomic mass is 9.82. The van der Waals surface area contributed by atoms with Crippen LogP contribution in [0.1, 0.15) is 74.4 Å². The molecule has 0 spiro atoms. The molecule has 8 nitrogen and oxygen atoms in total. The summed E-state index contributed by atoms with van der Waals surface area (Å²) >= 11 is 0. The molecule has 166 valence electrons. The second-order valence-corrected chi connectivity index (χ2v) is 9.05. The Labute approximate surface area is 183 Å². The highest BCUT2D eigenvalue weighted by Crippen LogP contribution is 2.33. The first-order valence-corrected chi connectivity index (χ1v) is 11.3. The van der Waals surface area contributed by atoms with Crippen molar-refractivity contribution in [2.45, 2.75) is 76.7 Å². The van der Waals surface area contributed by atoms with Gasteiger partial charge in [-0.05, 0) is 45.6 Å². The van der Waals surface area contributed by atoms with Gasteiger partial charge < -0.3 is 15.3 Å². The molecule has 0 aromatic carbocycles. The quantitative estimate of drug-likeness (QED) is 0.758. The molecule has 0 unspecified atom stereocenters. The fourth-order valence-corrected chi connectivity index (χ4v) is 4.74. The van der Waals surface area contributed by atoms with Gasteiger partial charge in [-0.25, -0.2) is 15.0 Å². The van der Waals surface area contributed by atoms with Gasteiger partial charge in [0.2, 0.25) is 11.9 Å². The summed E-state index contributed by atoms with van der Waals surface area (Å²) in [5.74, 6) is 1.48. The molecular formula is C23H32N6O2. The van der Waals surface area contributed by atoms with Crippen LogP contribution in [0.4, 0.5) is 11.8 Å². The van der Waals surface area contributed by atoms with E-state index >= 15 is 0 Å². The third-order valence-electron chi connectivity index (χ3n) is 6.41. The van der Waals surface area contributed by atoms with Crippen molar-refractivity contribution >= 4 is 17.7 Å². The van der Waals surface area contributed by atoms with Gasteiger partial charge in [-0.3, -0.25) is 9.78 Å². The number of nitrogens with zero attached hydrogens (tertiary/aromatic N) is 5. The Balaban J connectivity index is 1.34. The number of aromatic nitrogens is 4. The van der Waals surface area contributed by atoms with Crippen LogP contribution < -0.4 is 5.32 Å². The van der Waals surface area contributed by atoms with Gasteiger partial charge in [0, 0.05) is 36.6 Å². The topological polar surface area (TPSA) is 104 Å². The predicted molar refractivity (Wildman–Crippen MR) is 118 cm³/mol. The lowest BCUT2D eigenvalue weighted by Crippen LogP contribution is -2.43. The zero-order chi connectivity index (χ0) is 21.8. The van der Waals surface area contributed by atoms with E-state index in [0.717, 1.165) is 62.0 Å². The lowest BCUT2D eigenvalue weighted by Gasteiger charge is -2.36. The molecule has 8 heteroatoms. The van der Waals surface area contributed by atoms with Gasteiger partial charge in [0.1, 0.15) is 0 Å². The van der Waals surface area contributed by atoms with E-state index in [2.05, 4.69) is 20.3 Å². The van der Waals surface area contributed by atoms with Gasteiger partial charge in [0.15, 0.2) is 5.82 Å². The van der Waals surface area contributed by atoms with Gasteiger partial charge in [-0.2, -0.15) is 0 Å². The highest BCUT2D eigenvalue weighted by Gasteiger charge is 2.34. The molecule has 1 amide bonds. The lowest BCUT2D eigenvalue weighted by molar-refractivity contribution is -0.138. The SMILES string of the molecule is Cc1cc(C)nc(Nc2cncc(C3CCN(C(=O)CC4(O)CCCCC4)CC3)n2)n1. The number of anilines is 2. The molecule has 2 N–H and O–H groups in total. The fraction of sp³-hybridized carbons (Fsp3) is 0.609. The summed E-state index contributed by atoms with van der Waals surface area (Å²) in [5.41, 5.74) is 1.92. The molecule has 1 aliphatic carbocycles. The number of carbonyl (C=O) groups excluding carboxylic acids is 1. The van der Waals surface area contributed by atoms with Crippen molar-refractivity contribution in [2.75, 3.05) is 18.4 Å². The summed E-state index contributed by atoms with van der Waals surface area (Å²) < 4.78 is 0. The van der Waals surface area contributed by atoms with Crippen LogP contribution in [-0.4, -0.2) is 54.5 Å². The molecule has 4 rings (SSSR count). The van der Waals surface area contributed by atoms with Gasteiger partial charge in [-0.1, -0.05) is 19.3 Å². The van der Waals surface area contributed by atoms with Gasteiger partial charge >= 0.3 is 0 Å². The largest absolute Gasteiger partial charge is 0.389 e. The Kier molecular flexibility index (Phi) is 6.46. The summed E-state index contributed by atoms with van der Waals surface area (Å²) in [4.78, 5) is 32.5. The molecule has 0 atom stereocenters. The fourth-order valence-electron chi connectivity index (χ4n) is 4.74. The molecule has 0 bridgehead atoms. The Hall–Kier alpha value is -2.61. The van der Waals surface area contributed by atoms with Crippen molar-refractivity contribution in [3.63, 3.8) is 0 Å². The molecule has 2 fully saturated rings. The standard InChI is InChI=1S/C23H32N6O2/c1-16-12-17(2)26-22(25-16)28-20-15-24-14-19(27-20)18-6-10-29(11-7-18)21(30)13-23(31)8-4-3-5-9-23/h12,14-15,18,31H,3-11,13H2,1-2H3,(H,25,26,27,28). The van der Waals surface area contributed by atoms with E-state index in [9.17, 15) is 9.90 Å². The summed E-state index contributed by atoms with van der Waals surface area (Å²) in [5, 5.41) is 13.9. The number of hydrogen-bond donors (Lipinski definition) is 2. The molecule has 0 radical (unpaired) electrons. The van der Waals surface area contributed by atoms with Gasteiger partial charge in [0.25, 0.3) is 0 Å². The average Bonchev–Trinajstić information content (AvgIpc) is 2.73. The Bertz CT molecular complexity index is 900. The maximum absolute atomic E-state index is 12.7. The van der Waals surface area contributed by atoms with Crippen molar-refractivity contribution in [2.24, 2.45) is 0 Å². The molecule has 3 heterocycles. The van der Waals surface area contributed by atoms with Crippen LogP contribution in [0.3, 0.4) is 0 Å². The molecule has 1 aliphatic heterocycles. The van der Waals surface area contributed by atoms with Crippen LogP contribution in [0.2, 0.25) is 0 Å². The van der Waals surface area contributed by atoms with E-state index < -0.39 is 5.60 Å². The zero-order valence-electron chi connectivity index (χ0n) is 18.5. The first kappa shape index (κ1) is 21.6. The van der Waals surface area contributed by atoms with Gasteiger partial charge in [0.05, 0.1) is 23.9 Å². The highest BCUT2D eigenvalue weighted by atomic mass is 16.3. The normalized spacial score (nSPS) is 19.3. The molecule has 1 saturated heterocycles. The van der Waals surface area contributed by atoms with Crippen molar-refractivity contribution in [3.05, 3.63) is 35.5 Å². The minimum atomic E-state index is -0.798. The Morgan fingerprint density at radius 2 is 1.77 bits per heavy atom. The van der Waals surface area contributed by atoms with Crippen LogP contribution in [0.5, 0.6) is 0 Å². The van der Waals surface area contributed by atoms with E-state index in [0.29, 0.717) is 24.9 Å². The molecular weight excluding hydrogens is 392 g/mol. The number of aliphatic hydroxyl groups is 1. The van der Waals surface area contributed by atoms with E-state index in [1.165, 1.54) is 0 Å². The van der Waals surface area contributed by atoms with Crippen molar-refractivity contribution in [3.8, 4) is 0 Å². The van der Waals surface area contributed by atoms with Crippen molar-refractivity contribution < 1.29 is 9.90 Å². The summed E-state index contributed by atoms with van der Waals surface area (Å²) in [6.07, 6.45) is 10.1. The number of piperidine rings is 1. The molecule has 1 saturated carbocycles. The third kappa shape index (κ3) is 5.55. The van der Waals surface area contributed by atoms with Crippen LogP contribution in [0, 0.1) is 13.8 Å². The Morgan fingerprint density at radius 3 is 2.45 bits per heavy atom. The minimum absolute atomic E-state index is 0.0799. The number of amides is 1. The van der Waals surface area contributed by atoms with E-state index in [1.54, 1.807) is 12.4 Å². The smallest absolute Gasteiger partial charge is 0.228 e. The summed E-state index contributed by atoms with van der Waals surface area (Å²) in [6, 6.07) is 1.93. The van der Waals surface area contributed by atoms with Crippen LogP contribution in [0.25, 0.3) is 0 Å². The molecule has 2 aromatic heterocycles. The van der Waals surface area contributed by atoms with Crippen LogP contribution in [0.15, 0.2) is 18.5 Å². The van der Waals surface area contributed by atoms with Crippen molar-refractivity contribution in [1.29, 1.82) is 0 Å². The molecule has 2 aliphatic rings. The van der Waals surface area contributed by atoms with E-state index in [-0.39, 0.29) is 18.2 Å². The number of likely N-dealkylation sites (tertiary alicyclic amines) is 1. The second-order valence-electron chi connectivity index (χ2n) is 9.05. The predicted octanol–water partition coefficient (Wildman–Crippen LogP) is 3.42. The Morgan fingerprint density at radius 1 is 1.10 bits per heavy atom. The van der Waals surface area contributed by atoms with E-state index in [1.807, 2.05) is 24.8 Å². The minimum Gasteiger partial charge on any atom is -0.389 e. The van der Waals surface area contributed by atoms with Crippen molar-refractivity contribution in [1.82, 2.24) is 24.8 Å². The maximum atomic E-state index is 12.7. The van der Waals surface area contributed by atoms with Crippen LogP contribution >= 0.6 is 0 Å². The highest BCUT2D eigenvalue weighted by molar-refractivity contribution is 5.77. The first-order chi connectivity index (χ1) is 14.9.